The number of hydrogen-bond acceptors (Lipinski definition) is 4. The smallest absolute Gasteiger partial charge is 0.335 e. The first-order valence-electron chi connectivity index (χ1n) is 4.32. The van der Waals surface area contributed by atoms with E-state index in [9.17, 15) is 4.79 Å². The molecule has 15 heavy (non-hydrogen) atoms. The van der Waals surface area contributed by atoms with E-state index in [0.29, 0.717) is 22.7 Å². The van der Waals surface area contributed by atoms with Crippen LogP contribution in [0, 0.1) is 0 Å². The van der Waals surface area contributed by atoms with E-state index in [-0.39, 0.29) is 5.56 Å². The summed E-state index contributed by atoms with van der Waals surface area (Å²) in [5, 5.41) is 8.79. The number of carboxylic acids is 1. The Bertz CT molecular complexity index is 506. The van der Waals surface area contributed by atoms with E-state index in [1.54, 1.807) is 17.8 Å². The predicted molar refractivity (Wildman–Crippen MR) is 58.2 cm³/mol. The Kier molecular flexibility index (Phi) is 2.64. The van der Waals surface area contributed by atoms with Gasteiger partial charge in [-0.05, 0) is 24.5 Å². The van der Waals surface area contributed by atoms with Crippen LogP contribution in [0.5, 0.6) is 0 Å². The SMILES string of the molecule is CSCc1nc2cc(C(=O)O)ccc2o1. The maximum absolute atomic E-state index is 10.7. The molecule has 4 nitrogen and oxygen atoms in total. The maximum atomic E-state index is 10.7. The third-order valence-corrected chi connectivity index (χ3v) is 2.48. The summed E-state index contributed by atoms with van der Waals surface area (Å²) >= 11 is 1.61. The fraction of sp³-hybridized carbons (Fsp3) is 0.200. The Morgan fingerprint density at radius 3 is 3.07 bits per heavy atom. The largest absolute Gasteiger partial charge is 0.478 e. The number of carbonyl (C=O) groups is 1. The molecule has 0 saturated heterocycles. The lowest BCUT2D eigenvalue weighted by atomic mass is 10.2. The zero-order chi connectivity index (χ0) is 10.8. The number of carboxylic acid groups (broad SMARTS) is 1. The number of rotatable bonds is 3. The lowest BCUT2D eigenvalue weighted by Gasteiger charge is -1.91. The molecule has 0 bridgehead atoms. The van der Waals surface area contributed by atoms with Crippen LogP contribution in [0.4, 0.5) is 0 Å². The Hall–Kier alpha value is -1.49. The van der Waals surface area contributed by atoms with Gasteiger partial charge in [-0.3, -0.25) is 0 Å². The van der Waals surface area contributed by atoms with E-state index >= 15 is 0 Å². The summed E-state index contributed by atoms with van der Waals surface area (Å²) in [7, 11) is 0. The average Bonchev–Trinajstić information content (AvgIpc) is 2.59. The first-order valence-corrected chi connectivity index (χ1v) is 5.72. The first-order chi connectivity index (χ1) is 7.20. The molecule has 1 aromatic carbocycles. The minimum Gasteiger partial charge on any atom is -0.478 e. The third kappa shape index (κ3) is 1.97. The maximum Gasteiger partial charge on any atom is 0.335 e. The molecule has 0 unspecified atom stereocenters. The van der Waals surface area contributed by atoms with Crippen LogP contribution in [0.3, 0.4) is 0 Å². The van der Waals surface area contributed by atoms with Gasteiger partial charge in [0, 0.05) is 0 Å². The predicted octanol–water partition coefficient (Wildman–Crippen LogP) is 2.39. The van der Waals surface area contributed by atoms with Crippen LogP contribution in [0.1, 0.15) is 16.2 Å². The third-order valence-electron chi connectivity index (χ3n) is 1.95. The number of aromatic carboxylic acids is 1. The number of nitrogens with zero attached hydrogens (tertiary/aromatic N) is 1. The number of aromatic nitrogens is 1. The van der Waals surface area contributed by atoms with Crippen LogP contribution in [-0.2, 0) is 5.75 Å². The highest BCUT2D eigenvalue weighted by molar-refractivity contribution is 7.97. The normalized spacial score (nSPS) is 10.7. The molecule has 0 aliphatic carbocycles. The quantitative estimate of drug-likeness (QED) is 0.865. The minimum absolute atomic E-state index is 0.228. The number of fused-ring (bicyclic) bond motifs is 1. The second-order valence-electron chi connectivity index (χ2n) is 3.03. The lowest BCUT2D eigenvalue weighted by Crippen LogP contribution is -1.94. The van der Waals surface area contributed by atoms with Crippen LogP contribution < -0.4 is 0 Å². The Labute approximate surface area is 90.3 Å². The molecule has 0 aliphatic rings. The zero-order valence-corrected chi connectivity index (χ0v) is 8.87. The summed E-state index contributed by atoms with van der Waals surface area (Å²) in [5.74, 6) is 0.364. The van der Waals surface area contributed by atoms with E-state index < -0.39 is 5.97 Å². The Morgan fingerprint density at radius 2 is 2.40 bits per heavy atom. The van der Waals surface area contributed by atoms with Crippen molar-refractivity contribution in [3.8, 4) is 0 Å². The minimum atomic E-state index is -0.952. The van der Waals surface area contributed by atoms with Gasteiger partial charge in [0.25, 0.3) is 0 Å². The van der Waals surface area contributed by atoms with Gasteiger partial charge in [0.1, 0.15) is 5.52 Å². The number of oxazole rings is 1. The fourth-order valence-corrected chi connectivity index (χ4v) is 1.66. The second kappa shape index (κ2) is 3.94. The van der Waals surface area contributed by atoms with Gasteiger partial charge in [0.15, 0.2) is 5.58 Å². The zero-order valence-electron chi connectivity index (χ0n) is 8.06. The molecule has 2 rings (SSSR count). The molecule has 0 atom stereocenters. The highest BCUT2D eigenvalue weighted by Crippen LogP contribution is 2.19. The van der Waals surface area contributed by atoms with Crippen LogP contribution in [0.15, 0.2) is 22.6 Å². The highest BCUT2D eigenvalue weighted by Gasteiger charge is 2.08. The summed E-state index contributed by atoms with van der Waals surface area (Å²) in [6, 6.07) is 4.67. The van der Waals surface area contributed by atoms with Crippen molar-refractivity contribution in [3.05, 3.63) is 29.7 Å². The van der Waals surface area contributed by atoms with E-state index in [1.807, 2.05) is 6.26 Å². The molecule has 5 heteroatoms. The van der Waals surface area contributed by atoms with Gasteiger partial charge in [-0.25, -0.2) is 9.78 Å². The van der Waals surface area contributed by atoms with Gasteiger partial charge in [-0.1, -0.05) is 0 Å². The Balaban J connectivity index is 2.47. The van der Waals surface area contributed by atoms with Gasteiger partial charge < -0.3 is 9.52 Å². The molecule has 1 heterocycles. The number of hydrogen-bond donors (Lipinski definition) is 1. The highest BCUT2D eigenvalue weighted by atomic mass is 32.2. The number of thioether (sulfide) groups is 1. The van der Waals surface area contributed by atoms with Crippen molar-refractivity contribution in [2.24, 2.45) is 0 Å². The van der Waals surface area contributed by atoms with Crippen molar-refractivity contribution in [3.63, 3.8) is 0 Å². The van der Waals surface area contributed by atoms with Crippen LogP contribution in [0.2, 0.25) is 0 Å². The molecular formula is C10H9NO3S. The standard InChI is InChI=1S/C10H9NO3S/c1-15-5-9-11-7-4-6(10(12)13)2-3-8(7)14-9/h2-4H,5H2,1H3,(H,12,13). The summed E-state index contributed by atoms with van der Waals surface area (Å²) in [4.78, 5) is 14.9. The number of benzene rings is 1. The van der Waals surface area contributed by atoms with Crippen molar-refractivity contribution in [1.82, 2.24) is 4.98 Å². The molecule has 0 amide bonds. The average molecular weight is 223 g/mol. The summed E-state index contributed by atoms with van der Waals surface area (Å²) in [5.41, 5.74) is 1.45. The fourth-order valence-electron chi connectivity index (χ4n) is 1.29. The molecule has 0 radical (unpaired) electrons. The van der Waals surface area contributed by atoms with Crippen LogP contribution >= 0.6 is 11.8 Å². The second-order valence-corrected chi connectivity index (χ2v) is 3.89. The van der Waals surface area contributed by atoms with Crippen LogP contribution in [-0.4, -0.2) is 22.3 Å². The molecule has 0 aliphatic heterocycles. The molecule has 0 saturated carbocycles. The van der Waals surface area contributed by atoms with Crippen molar-refractivity contribution in [1.29, 1.82) is 0 Å². The van der Waals surface area contributed by atoms with Crippen molar-refractivity contribution in [2.75, 3.05) is 6.26 Å². The summed E-state index contributed by atoms with van der Waals surface area (Å²) < 4.78 is 5.42. The summed E-state index contributed by atoms with van der Waals surface area (Å²) in [6.07, 6.45) is 1.96. The molecule has 1 aromatic heterocycles. The molecule has 78 valence electrons. The molecule has 0 fully saturated rings. The molecule has 2 aromatic rings. The van der Waals surface area contributed by atoms with E-state index in [0.717, 1.165) is 0 Å². The van der Waals surface area contributed by atoms with E-state index in [4.69, 9.17) is 9.52 Å². The van der Waals surface area contributed by atoms with Gasteiger partial charge in [0.05, 0.1) is 11.3 Å². The van der Waals surface area contributed by atoms with Crippen molar-refractivity contribution >= 4 is 28.8 Å². The Morgan fingerprint density at radius 1 is 1.60 bits per heavy atom. The van der Waals surface area contributed by atoms with Gasteiger partial charge in [-0.2, -0.15) is 11.8 Å². The van der Waals surface area contributed by atoms with E-state index in [1.165, 1.54) is 12.1 Å². The first kappa shape index (κ1) is 10.0. The van der Waals surface area contributed by atoms with Gasteiger partial charge in [0.2, 0.25) is 5.89 Å². The van der Waals surface area contributed by atoms with Crippen molar-refractivity contribution in [2.45, 2.75) is 5.75 Å². The lowest BCUT2D eigenvalue weighted by molar-refractivity contribution is 0.0697. The molecule has 0 spiro atoms. The van der Waals surface area contributed by atoms with Gasteiger partial charge in [-0.15, -0.1) is 0 Å². The van der Waals surface area contributed by atoms with Crippen LogP contribution in [0.25, 0.3) is 11.1 Å². The molecule has 1 N–H and O–H groups in total. The van der Waals surface area contributed by atoms with Crippen molar-refractivity contribution < 1.29 is 14.3 Å². The van der Waals surface area contributed by atoms with E-state index in [2.05, 4.69) is 4.98 Å². The molecular weight excluding hydrogens is 214 g/mol. The topological polar surface area (TPSA) is 63.3 Å². The monoisotopic (exact) mass is 223 g/mol. The summed E-state index contributed by atoms with van der Waals surface area (Å²) in [6.45, 7) is 0. The van der Waals surface area contributed by atoms with Gasteiger partial charge >= 0.3 is 5.97 Å².